The maximum absolute atomic E-state index is 12.1. The van der Waals surface area contributed by atoms with Gasteiger partial charge in [-0.3, -0.25) is 9.20 Å². The molecule has 0 radical (unpaired) electrons. The number of rotatable bonds is 6. The van der Waals surface area contributed by atoms with Gasteiger partial charge in [0.15, 0.2) is 5.96 Å². The topological polar surface area (TPSA) is 53.5 Å². The van der Waals surface area contributed by atoms with Gasteiger partial charge >= 0.3 is 0 Å². The predicted molar refractivity (Wildman–Crippen MR) is 113 cm³/mol. The molecule has 0 saturated carbocycles. The number of hydrogen-bond acceptors (Lipinski definition) is 2. The minimum atomic E-state index is -1.01. The van der Waals surface area contributed by atoms with Crippen molar-refractivity contribution in [1.29, 1.82) is 0 Å². The van der Waals surface area contributed by atoms with Crippen molar-refractivity contribution in [2.45, 2.75) is 11.4 Å². The van der Waals surface area contributed by atoms with E-state index >= 15 is 0 Å². The van der Waals surface area contributed by atoms with E-state index in [0.717, 1.165) is 15.5 Å². The molecule has 0 bridgehead atoms. The van der Waals surface area contributed by atoms with E-state index in [-0.39, 0.29) is 24.0 Å². The van der Waals surface area contributed by atoms with Gasteiger partial charge in [-0.1, -0.05) is 48.0 Å². The second-order valence-corrected chi connectivity index (χ2v) is 6.78. The Balaban J connectivity index is 0.00000288. The van der Waals surface area contributed by atoms with Crippen LogP contribution in [0.2, 0.25) is 5.02 Å². The molecule has 0 aliphatic rings. The van der Waals surface area contributed by atoms with Crippen molar-refractivity contribution in [3.05, 3.63) is 65.2 Å². The van der Waals surface area contributed by atoms with E-state index in [2.05, 4.69) is 15.6 Å². The average molecular weight is 478 g/mol. The third kappa shape index (κ3) is 6.78. The first-order chi connectivity index (χ1) is 11.2. The maximum atomic E-state index is 12.1. The SMILES string of the molecule is CN=C(NCCS(=O)c1ccccc1)NCc1ccccc1Cl.I. The van der Waals surface area contributed by atoms with E-state index in [1.54, 1.807) is 7.05 Å². The Hall–Kier alpha value is -1.12. The largest absolute Gasteiger partial charge is 0.355 e. The predicted octanol–water partition coefficient (Wildman–Crippen LogP) is 3.43. The Morgan fingerprint density at radius 2 is 1.75 bits per heavy atom. The third-order valence-electron chi connectivity index (χ3n) is 3.21. The highest BCUT2D eigenvalue weighted by atomic mass is 127. The van der Waals surface area contributed by atoms with Gasteiger partial charge in [0.2, 0.25) is 0 Å². The summed E-state index contributed by atoms with van der Waals surface area (Å²) in [6, 6.07) is 17.1. The zero-order valence-corrected chi connectivity index (χ0v) is 17.3. The molecule has 2 aromatic rings. The third-order valence-corrected chi connectivity index (χ3v) is 4.96. The lowest BCUT2D eigenvalue weighted by Gasteiger charge is -2.12. The van der Waals surface area contributed by atoms with Crippen LogP contribution in [0, 0.1) is 0 Å². The molecule has 0 aromatic heterocycles. The van der Waals surface area contributed by atoms with Crippen LogP contribution in [0.4, 0.5) is 0 Å². The van der Waals surface area contributed by atoms with E-state index in [0.29, 0.717) is 24.8 Å². The van der Waals surface area contributed by atoms with Crippen LogP contribution in [0.3, 0.4) is 0 Å². The van der Waals surface area contributed by atoms with Gasteiger partial charge in [-0.2, -0.15) is 0 Å². The molecular weight excluding hydrogens is 457 g/mol. The van der Waals surface area contributed by atoms with Gasteiger partial charge in [0.05, 0.1) is 10.8 Å². The standard InChI is InChI=1S/C17H20ClN3OS.HI/c1-19-17(21-13-14-7-5-6-10-16(14)18)20-11-12-23(22)15-8-3-2-4-9-15;/h2-10H,11-13H2,1H3,(H2,19,20,21);1H. The minimum absolute atomic E-state index is 0. The molecule has 2 N–H and O–H groups in total. The van der Waals surface area contributed by atoms with Gasteiger partial charge in [-0.05, 0) is 23.8 Å². The summed E-state index contributed by atoms with van der Waals surface area (Å²) < 4.78 is 12.1. The van der Waals surface area contributed by atoms with Crippen molar-refractivity contribution in [2.24, 2.45) is 4.99 Å². The molecule has 0 aliphatic heterocycles. The van der Waals surface area contributed by atoms with Crippen LogP contribution in [0.1, 0.15) is 5.56 Å². The Bertz CT molecular complexity index is 683. The van der Waals surface area contributed by atoms with Gasteiger partial charge in [0.25, 0.3) is 0 Å². The van der Waals surface area contributed by atoms with E-state index in [1.807, 2.05) is 54.6 Å². The fourth-order valence-corrected chi connectivity index (χ4v) is 3.18. The number of guanidine groups is 1. The van der Waals surface area contributed by atoms with Crippen LogP contribution >= 0.6 is 35.6 Å². The highest BCUT2D eigenvalue weighted by Gasteiger charge is 2.04. The minimum Gasteiger partial charge on any atom is -0.355 e. The Labute approximate surface area is 167 Å². The highest BCUT2D eigenvalue weighted by molar-refractivity contribution is 14.0. The number of nitrogens with one attached hydrogen (secondary N) is 2. The average Bonchev–Trinajstić information content (AvgIpc) is 2.59. The summed E-state index contributed by atoms with van der Waals surface area (Å²) in [5.74, 6) is 1.19. The van der Waals surface area contributed by atoms with Crippen LogP contribution < -0.4 is 10.6 Å². The fourth-order valence-electron chi connectivity index (χ4n) is 1.99. The summed E-state index contributed by atoms with van der Waals surface area (Å²) >= 11 is 6.12. The van der Waals surface area contributed by atoms with E-state index < -0.39 is 10.8 Å². The monoisotopic (exact) mass is 477 g/mol. The smallest absolute Gasteiger partial charge is 0.191 e. The molecule has 1 atom stereocenters. The van der Waals surface area contributed by atoms with Gasteiger partial charge in [0.1, 0.15) is 0 Å². The lowest BCUT2D eigenvalue weighted by molar-refractivity contribution is 0.681. The quantitative estimate of drug-likeness (QED) is 0.381. The molecule has 2 aromatic carbocycles. The molecule has 4 nitrogen and oxygen atoms in total. The molecular formula is C17H21ClIN3OS. The van der Waals surface area contributed by atoms with Gasteiger partial charge < -0.3 is 10.6 Å². The van der Waals surface area contributed by atoms with Crippen molar-refractivity contribution in [2.75, 3.05) is 19.3 Å². The van der Waals surface area contributed by atoms with Gasteiger partial charge in [0, 0.05) is 35.8 Å². The summed E-state index contributed by atoms with van der Waals surface area (Å²) in [5, 5.41) is 7.08. The number of halogens is 2. The number of aliphatic imine (C=N–C) groups is 1. The van der Waals surface area contributed by atoms with Crippen LogP contribution in [-0.2, 0) is 17.3 Å². The van der Waals surface area contributed by atoms with Crippen molar-refractivity contribution in [1.82, 2.24) is 10.6 Å². The number of nitrogens with zero attached hydrogens (tertiary/aromatic N) is 1. The highest BCUT2D eigenvalue weighted by Crippen LogP contribution is 2.14. The fraction of sp³-hybridized carbons (Fsp3) is 0.235. The van der Waals surface area contributed by atoms with Crippen molar-refractivity contribution in [3.8, 4) is 0 Å². The molecule has 1 unspecified atom stereocenters. The maximum Gasteiger partial charge on any atom is 0.191 e. The second-order valence-electron chi connectivity index (χ2n) is 4.81. The summed E-state index contributed by atoms with van der Waals surface area (Å²) in [5.41, 5.74) is 1.00. The van der Waals surface area contributed by atoms with Crippen molar-refractivity contribution >= 4 is 52.3 Å². The first kappa shape index (κ1) is 20.9. The zero-order valence-electron chi connectivity index (χ0n) is 13.4. The lowest BCUT2D eigenvalue weighted by atomic mass is 10.2. The Morgan fingerprint density at radius 3 is 2.42 bits per heavy atom. The van der Waals surface area contributed by atoms with Crippen LogP contribution in [-0.4, -0.2) is 29.5 Å². The molecule has 0 fully saturated rings. The summed E-state index contributed by atoms with van der Waals surface area (Å²) in [6.45, 7) is 1.16. The number of hydrogen-bond donors (Lipinski definition) is 2. The van der Waals surface area contributed by atoms with Gasteiger partial charge in [-0.15, -0.1) is 24.0 Å². The first-order valence-electron chi connectivity index (χ1n) is 7.32. The van der Waals surface area contributed by atoms with Crippen LogP contribution in [0.25, 0.3) is 0 Å². The van der Waals surface area contributed by atoms with E-state index in [4.69, 9.17) is 11.6 Å². The molecule has 0 saturated heterocycles. The summed E-state index contributed by atoms with van der Waals surface area (Å²) in [7, 11) is 0.693. The molecule has 24 heavy (non-hydrogen) atoms. The van der Waals surface area contributed by atoms with E-state index in [9.17, 15) is 4.21 Å². The van der Waals surface area contributed by atoms with Gasteiger partial charge in [-0.25, -0.2) is 0 Å². The normalized spacial score (nSPS) is 12.2. The summed E-state index contributed by atoms with van der Waals surface area (Å²) in [6.07, 6.45) is 0. The number of benzene rings is 2. The molecule has 7 heteroatoms. The molecule has 0 spiro atoms. The molecule has 130 valence electrons. The lowest BCUT2D eigenvalue weighted by Crippen LogP contribution is -2.38. The first-order valence-corrected chi connectivity index (χ1v) is 9.01. The van der Waals surface area contributed by atoms with Crippen molar-refractivity contribution < 1.29 is 4.21 Å². The van der Waals surface area contributed by atoms with Crippen LogP contribution in [0.5, 0.6) is 0 Å². The molecule has 0 heterocycles. The summed E-state index contributed by atoms with van der Waals surface area (Å²) in [4.78, 5) is 5.00. The van der Waals surface area contributed by atoms with Crippen LogP contribution in [0.15, 0.2) is 64.5 Å². The molecule has 0 aliphatic carbocycles. The molecule has 2 rings (SSSR count). The zero-order chi connectivity index (χ0) is 16.5. The Kier molecular flexibility index (Phi) is 9.97. The van der Waals surface area contributed by atoms with E-state index in [1.165, 1.54) is 0 Å². The second kappa shape index (κ2) is 11.4. The van der Waals surface area contributed by atoms with Crippen molar-refractivity contribution in [3.63, 3.8) is 0 Å². The molecule has 0 amide bonds. The Morgan fingerprint density at radius 1 is 1.08 bits per heavy atom.